The van der Waals surface area contributed by atoms with Crippen LogP contribution in [-0.2, 0) is 0 Å². The van der Waals surface area contributed by atoms with Crippen LogP contribution in [0.5, 0.6) is 0 Å². The van der Waals surface area contributed by atoms with E-state index in [0.717, 1.165) is 18.0 Å². The first-order valence-corrected chi connectivity index (χ1v) is 7.81. The summed E-state index contributed by atoms with van der Waals surface area (Å²) in [5, 5.41) is 4.55. The van der Waals surface area contributed by atoms with Gasteiger partial charge in [0.2, 0.25) is 5.95 Å². The normalized spacial score (nSPS) is 10.6. The molecule has 0 fully saturated rings. The van der Waals surface area contributed by atoms with Crippen LogP contribution in [0.25, 0.3) is 0 Å². The van der Waals surface area contributed by atoms with E-state index in [2.05, 4.69) is 54.3 Å². The first-order valence-electron chi connectivity index (χ1n) is 6.61. The first kappa shape index (κ1) is 15.1. The molecule has 0 aliphatic carbocycles. The fourth-order valence-electron chi connectivity index (χ4n) is 1.67. The maximum atomic E-state index is 6.20. The molecule has 0 unspecified atom stereocenters. The van der Waals surface area contributed by atoms with E-state index in [1.54, 1.807) is 18.0 Å². The van der Waals surface area contributed by atoms with Gasteiger partial charge in [-0.3, -0.25) is 0 Å². The molecular formula is C15H18ClN3S. The predicted molar refractivity (Wildman–Crippen MR) is 85.9 cm³/mol. The van der Waals surface area contributed by atoms with Crippen molar-refractivity contribution >= 4 is 29.3 Å². The van der Waals surface area contributed by atoms with Gasteiger partial charge in [0.1, 0.15) is 5.03 Å². The lowest BCUT2D eigenvalue weighted by atomic mass is 10.2. The molecule has 5 heteroatoms. The highest BCUT2D eigenvalue weighted by Crippen LogP contribution is 2.34. The van der Waals surface area contributed by atoms with Crippen molar-refractivity contribution in [2.24, 2.45) is 0 Å². The monoisotopic (exact) mass is 307 g/mol. The number of hydrogen-bond acceptors (Lipinski definition) is 4. The van der Waals surface area contributed by atoms with Crippen molar-refractivity contribution in [2.45, 2.75) is 37.1 Å². The number of halogens is 1. The molecule has 2 aromatic rings. The lowest BCUT2D eigenvalue weighted by Gasteiger charge is -2.09. The minimum atomic E-state index is 0.581. The third-order valence-corrected chi connectivity index (χ3v) is 4.35. The Morgan fingerprint density at radius 1 is 1.30 bits per heavy atom. The zero-order valence-electron chi connectivity index (χ0n) is 11.9. The highest BCUT2D eigenvalue weighted by atomic mass is 35.5. The van der Waals surface area contributed by atoms with Gasteiger partial charge in [0.05, 0.1) is 11.2 Å². The number of rotatable bonds is 5. The van der Waals surface area contributed by atoms with Crippen LogP contribution in [0.2, 0.25) is 5.02 Å². The Morgan fingerprint density at radius 2 is 2.10 bits per heavy atom. The molecule has 3 nitrogen and oxygen atoms in total. The van der Waals surface area contributed by atoms with Crippen molar-refractivity contribution in [2.75, 3.05) is 11.9 Å². The Morgan fingerprint density at radius 3 is 2.85 bits per heavy atom. The minimum absolute atomic E-state index is 0.581. The van der Waals surface area contributed by atoms with E-state index >= 15 is 0 Å². The van der Waals surface area contributed by atoms with E-state index < -0.39 is 0 Å². The van der Waals surface area contributed by atoms with Crippen molar-refractivity contribution in [3.63, 3.8) is 0 Å². The second-order valence-corrected chi connectivity index (χ2v) is 6.08. The van der Waals surface area contributed by atoms with Crippen LogP contribution < -0.4 is 5.32 Å². The molecule has 0 aliphatic heterocycles. The molecule has 1 aromatic carbocycles. The van der Waals surface area contributed by atoms with E-state index in [1.807, 2.05) is 0 Å². The van der Waals surface area contributed by atoms with Crippen molar-refractivity contribution in [1.29, 1.82) is 0 Å². The Hall–Kier alpha value is -1.26. The Balaban J connectivity index is 2.25. The minimum Gasteiger partial charge on any atom is -0.354 e. The molecule has 0 amide bonds. The van der Waals surface area contributed by atoms with E-state index in [-0.39, 0.29) is 0 Å². The lowest BCUT2D eigenvalue weighted by molar-refractivity contribution is 0.935. The summed E-state index contributed by atoms with van der Waals surface area (Å²) in [6.07, 6.45) is 2.69. The Labute approximate surface area is 129 Å². The summed E-state index contributed by atoms with van der Waals surface area (Å²) in [6.45, 7) is 7.14. The van der Waals surface area contributed by atoms with Crippen molar-refractivity contribution in [3.8, 4) is 0 Å². The van der Waals surface area contributed by atoms with Gasteiger partial charge in [-0.05, 0) is 37.5 Å². The number of benzene rings is 1. The summed E-state index contributed by atoms with van der Waals surface area (Å²) in [5.41, 5.74) is 2.45. The largest absolute Gasteiger partial charge is 0.354 e. The average molecular weight is 308 g/mol. The molecule has 0 saturated heterocycles. The molecule has 0 spiro atoms. The molecule has 0 bridgehead atoms. The van der Waals surface area contributed by atoms with Gasteiger partial charge in [0, 0.05) is 11.4 Å². The van der Waals surface area contributed by atoms with Gasteiger partial charge in [-0.2, -0.15) is 0 Å². The van der Waals surface area contributed by atoms with Gasteiger partial charge >= 0.3 is 0 Å². The summed E-state index contributed by atoms with van der Waals surface area (Å²) in [5.74, 6) is 0.629. The van der Waals surface area contributed by atoms with Crippen LogP contribution in [0.4, 0.5) is 5.95 Å². The number of anilines is 1. The van der Waals surface area contributed by atoms with Gasteiger partial charge in [0.15, 0.2) is 0 Å². The number of aromatic nitrogens is 2. The van der Waals surface area contributed by atoms with Gasteiger partial charge in [-0.25, -0.2) is 9.97 Å². The molecule has 1 N–H and O–H groups in total. The summed E-state index contributed by atoms with van der Waals surface area (Å²) >= 11 is 7.78. The zero-order chi connectivity index (χ0) is 14.5. The number of nitrogens with one attached hydrogen (secondary N) is 1. The Bertz CT molecular complexity index is 602. The summed E-state index contributed by atoms with van der Waals surface area (Å²) < 4.78 is 0. The first-order chi connectivity index (χ1) is 9.60. The Kier molecular flexibility index (Phi) is 5.26. The number of hydrogen-bond donors (Lipinski definition) is 1. The maximum Gasteiger partial charge on any atom is 0.223 e. The van der Waals surface area contributed by atoms with E-state index in [1.165, 1.54) is 16.0 Å². The maximum absolute atomic E-state index is 6.20. The third-order valence-electron chi connectivity index (χ3n) is 2.80. The van der Waals surface area contributed by atoms with Crippen LogP contribution >= 0.6 is 23.4 Å². The topological polar surface area (TPSA) is 37.8 Å². The molecule has 0 saturated carbocycles. The van der Waals surface area contributed by atoms with E-state index in [9.17, 15) is 0 Å². The number of aryl methyl sites for hydroxylation is 2. The lowest BCUT2D eigenvalue weighted by Crippen LogP contribution is -2.04. The molecule has 0 radical (unpaired) electrons. The predicted octanol–water partition coefficient (Wildman–Crippen LogP) is 4.72. The summed E-state index contributed by atoms with van der Waals surface area (Å²) in [7, 11) is 0. The van der Waals surface area contributed by atoms with Gasteiger partial charge in [0.25, 0.3) is 0 Å². The third kappa shape index (κ3) is 3.87. The van der Waals surface area contributed by atoms with Crippen LogP contribution in [0.15, 0.2) is 34.3 Å². The van der Waals surface area contributed by atoms with Gasteiger partial charge in [-0.1, -0.05) is 42.4 Å². The standard InChI is InChI=1S/C15H18ClN3S/c1-4-7-17-15-18-9-12(16)14(19-15)20-13-8-10(2)5-6-11(13)3/h5-6,8-9H,4,7H2,1-3H3,(H,17,18,19). The second-order valence-electron chi connectivity index (χ2n) is 4.64. The second kappa shape index (κ2) is 6.95. The molecule has 0 atom stereocenters. The summed E-state index contributed by atoms with van der Waals surface area (Å²) in [4.78, 5) is 9.85. The average Bonchev–Trinajstić information content (AvgIpc) is 2.43. The quantitative estimate of drug-likeness (QED) is 0.811. The molecule has 2 rings (SSSR count). The molecule has 1 aromatic heterocycles. The molecule has 20 heavy (non-hydrogen) atoms. The highest BCUT2D eigenvalue weighted by Gasteiger charge is 2.09. The van der Waals surface area contributed by atoms with Crippen LogP contribution in [-0.4, -0.2) is 16.5 Å². The van der Waals surface area contributed by atoms with Gasteiger partial charge < -0.3 is 5.32 Å². The van der Waals surface area contributed by atoms with E-state index in [0.29, 0.717) is 11.0 Å². The van der Waals surface area contributed by atoms with Crippen molar-refractivity contribution < 1.29 is 0 Å². The van der Waals surface area contributed by atoms with Crippen LogP contribution in [0.3, 0.4) is 0 Å². The fraction of sp³-hybridized carbons (Fsp3) is 0.333. The van der Waals surface area contributed by atoms with E-state index in [4.69, 9.17) is 11.6 Å². The van der Waals surface area contributed by atoms with Gasteiger partial charge in [-0.15, -0.1) is 0 Å². The highest BCUT2D eigenvalue weighted by molar-refractivity contribution is 7.99. The molecular weight excluding hydrogens is 290 g/mol. The molecule has 0 aliphatic rings. The molecule has 106 valence electrons. The number of nitrogens with zero attached hydrogens (tertiary/aromatic N) is 2. The smallest absolute Gasteiger partial charge is 0.223 e. The van der Waals surface area contributed by atoms with Crippen LogP contribution in [0, 0.1) is 13.8 Å². The zero-order valence-corrected chi connectivity index (χ0v) is 13.5. The van der Waals surface area contributed by atoms with Crippen molar-refractivity contribution in [1.82, 2.24) is 9.97 Å². The molecule has 1 heterocycles. The van der Waals surface area contributed by atoms with Crippen LogP contribution in [0.1, 0.15) is 24.5 Å². The van der Waals surface area contributed by atoms with Crippen molar-refractivity contribution in [3.05, 3.63) is 40.5 Å². The SMILES string of the molecule is CCCNc1ncc(Cl)c(Sc2cc(C)ccc2C)n1. The summed E-state index contributed by atoms with van der Waals surface area (Å²) in [6, 6.07) is 6.37. The fourth-order valence-corrected chi connectivity index (χ4v) is 2.84.